The van der Waals surface area contributed by atoms with E-state index in [2.05, 4.69) is 15.4 Å². The number of nitrogens with zero attached hydrogens (tertiary/aromatic N) is 4. The highest BCUT2D eigenvalue weighted by Gasteiger charge is 2.12. The molecule has 0 saturated heterocycles. The Hall–Kier alpha value is -3.62. The van der Waals surface area contributed by atoms with Crippen LogP contribution in [-0.2, 0) is 6.54 Å². The summed E-state index contributed by atoms with van der Waals surface area (Å²) >= 11 is 0. The molecule has 1 N–H and O–H groups in total. The third-order valence-corrected chi connectivity index (χ3v) is 3.90. The number of halogens is 3. The maximum atomic E-state index is 13.8. The van der Waals surface area contributed by atoms with Crippen LogP contribution in [0.2, 0.25) is 0 Å². The number of aromatic nitrogens is 4. The highest BCUT2D eigenvalue weighted by Crippen LogP contribution is 2.15. The standard InChI is InChI=1S/C18H12F3N5O/c19-12-1-4-14(5-2-12)22-16-7-8-25-17(23-16)24-26(18(25)27)10-11-9-13(20)3-6-15(11)21/h1-9H,10H2,(H,22,23,24). The van der Waals surface area contributed by atoms with Crippen LogP contribution < -0.4 is 11.0 Å². The lowest BCUT2D eigenvalue weighted by Crippen LogP contribution is -2.22. The van der Waals surface area contributed by atoms with E-state index in [1.807, 2.05) is 0 Å². The van der Waals surface area contributed by atoms with E-state index in [9.17, 15) is 18.0 Å². The van der Waals surface area contributed by atoms with Gasteiger partial charge in [-0.15, -0.1) is 5.10 Å². The molecule has 2 aromatic carbocycles. The van der Waals surface area contributed by atoms with Gasteiger partial charge in [0.25, 0.3) is 5.78 Å². The van der Waals surface area contributed by atoms with Crippen molar-refractivity contribution in [2.24, 2.45) is 0 Å². The fourth-order valence-corrected chi connectivity index (χ4v) is 2.59. The molecule has 0 aliphatic rings. The number of fused-ring (bicyclic) bond motifs is 1. The van der Waals surface area contributed by atoms with Gasteiger partial charge in [0.1, 0.15) is 23.3 Å². The molecule has 2 aromatic heterocycles. The SMILES string of the molecule is O=c1n(Cc2cc(F)ccc2F)nc2nc(Nc3ccc(F)cc3)ccn12. The molecule has 136 valence electrons. The van der Waals surface area contributed by atoms with Crippen molar-refractivity contribution in [2.45, 2.75) is 6.54 Å². The Morgan fingerprint density at radius 2 is 1.70 bits per heavy atom. The zero-order chi connectivity index (χ0) is 19.0. The summed E-state index contributed by atoms with van der Waals surface area (Å²) in [6, 6.07) is 10.2. The molecule has 0 radical (unpaired) electrons. The van der Waals surface area contributed by atoms with E-state index < -0.39 is 17.3 Å². The van der Waals surface area contributed by atoms with Crippen molar-refractivity contribution in [2.75, 3.05) is 5.32 Å². The lowest BCUT2D eigenvalue weighted by molar-refractivity contribution is 0.561. The van der Waals surface area contributed by atoms with Gasteiger partial charge in [0.15, 0.2) is 0 Å². The number of anilines is 2. The van der Waals surface area contributed by atoms with E-state index in [-0.39, 0.29) is 23.7 Å². The molecule has 0 amide bonds. The van der Waals surface area contributed by atoms with Crippen molar-refractivity contribution in [3.63, 3.8) is 0 Å². The van der Waals surface area contributed by atoms with Gasteiger partial charge in [-0.05, 0) is 48.5 Å². The van der Waals surface area contributed by atoms with Gasteiger partial charge in [-0.2, -0.15) is 4.98 Å². The van der Waals surface area contributed by atoms with Crippen molar-refractivity contribution >= 4 is 17.3 Å². The van der Waals surface area contributed by atoms with Crippen LogP contribution in [-0.4, -0.2) is 19.2 Å². The molecular formula is C18H12F3N5O. The lowest BCUT2D eigenvalue weighted by Gasteiger charge is -2.04. The minimum atomic E-state index is -0.632. The lowest BCUT2D eigenvalue weighted by atomic mass is 10.2. The number of benzene rings is 2. The predicted octanol–water partition coefficient (Wildman–Crippen LogP) is 3.10. The highest BCUT2D eigenvalue weighted by atomic mass is 19.1. The van der Waals surface area contributed by atoms with Crippen LogP contribution in [0.3, 0.4) is 0 Å². The van der Waals surface area contributed by atoms with E-state index in [0.717, 1.165) is 22.9 Å². The van der Waals surface area contributed by atoms with Gasteiger partial charge in [0, 0.05) is 17.4 Å². The fraction of sp³-hybridized carbons (Fsp3) is 0.0556. The molecule has 0 bridgehead atoms. The average molecular weight is 371 g/mol. The third-order valence-electron chi connectivity index (χ3n) is 3.90. The number of nitrogens with one attached hydrogen (secondary N) is 1. The maximum Gasteiger partial charge on any atom is 0.351 e. The molecule has 0 aliphatic carbocycles. The largest absolute Gasteiger partial charge is 0.351 e. The zero-order valence-electron chi connectivity index (χ0n) is 13.7. The van der Waals surface area contributed by atoms with Gasteiger partial charge in [0.2, 0.25) is 0 Å². The number of hydrogen-bond acceptors (Lipinski definition) is 4. The quantitative estimate of drug-likeness (QED) is 0.599. The van der Waals surface area contributed by atoms with Gasteiger partial charge in [-0.25, -0.2) is 27.0 Å². The molecule has 9 heteroatoms. The minimum absolute atomic E-state index is 0.00478. The Labute approximate surface area is 150 Å². The Kier molecular flexibility index (Phi) is 4.11. The van der Waals surface area contributed by atoms with Gasteiger partial charge in [-0.3, -0.25) is 0 Å². The summed E-state index contributed by atoms with van der Waals surface area (Å²) in [4.78, 5) is 16.6. The second kappa shape index (κ2) is 6.60. The fourth-order valence-electron chi connectivity index (χ4n) is 2.59. The summed E-state index contributed by atoms with van der Waals surface area (Å²) in [5.41, 5.74) is 0.0801. The topological polar surface area (TPSA) is 64.2 Å². The Morgan fingerprint density at radius 1 is 0.963 bits per heavy atom. The number of rotatable bonds is 4. The van der Waals surface area contributed by atoms with Crippen LogP contribution in [0.4, 0.5) is 24.7 Å². The van der Waals surface area contributed by atoms with Crippen LogP contribution in [0.1, 0.15) is 5.56 Å². The summed E-state index contributed by atoms with van der Waals surface area (Å²) in [5.74, 6) is -1.12. The maximum absolute atomic E-state index is 13.8. The van der Waals surface area contributed by atoms with Crippen molar-refractivity contribution in [3.05, 3.63) is 88.2 Å². The van der Waals surface area contributed by atoms with Gasteiger partial charge >= 0.3 is 5.69 Å². The van der Waals surface area contributed by atoms with Gasteiger partial charge in [-0.1, -0.05) is 0 Å². The second-order valence-electron chi connectivity index (χ2n) is 5.79. The van der Waals surface area contributed by atoms with E-state index in [1.165, 1.54) is 22.7 Å². The van der Waals surface area contributed by atoms with Crippen LogP contribution in [0.15, 0.2) is 59.5 Å². The first-order valence-corrected chi connectivity index (χ1v) is 7.92. The van der Waals surface area contributed by atoms with Crippen LogP contribution in [0.5, 0.6) is 0 Å². The summed E-state index contributed by atoms with van der Waals surface area (Å²) in [6.45, 7) is -0.230. The summed E-state index contributed by atoms with van der Waals surface area (Å²) in [6.07, 6.45) is 1.46. The monoisotopic (exact) mass is 371 g/mol. The van der Waals surface area contributed by atoms with E-state index in [0.29, 0.717) is 11.5 Å². The minimum Gasteiger partial charge on any atom is -0.340 e. The predicted molar refractivity (Wildman–Crippen MR) is 92.4 cm³/mol. The van der Waals surface area contributed by atoms with Crippen molar-refractivity contribution in [1.82, 2.24) is 19.2 Å². The first-order valence-electron chi connectivity index (χ1n) is 7.92. The molecule has 0 aliphatic heterocycles. The summed E-state index contributed by atoms with van der Waals surface area (Å²) < 4.78 is 42.3. The molecule has 0 spiro atoms. The normalized spacial score (nSPS) is 11.1. The number of hydrogen-bond donors (Lipinski definition) is 1. The molecular weight excluding hydrogens is 359 g/mol. The smallest absolute Gasteiger partial charge is 0.340 e. The van der Waals surface area contributed by atoms with Crippen LogP contribution >= 0.6 is 0 Å². The molecule has 4 rings (SSSR count). The molecule has 2 heterocycles. The molecule has 0 atom stereocenters. The van der Waals surface area contributed by atoms with Crippen molar-refractivity contribution in [3.8, 4) is 0 Å². The Morgan fingerprint density at radius 3 is 2.48 bits per heavy atom. The molecule has 27 heavy (non-hydrogen) atoms. The summed E-state index contributed by atoms with van der Waals surface area (Å²) in [7, 11) is 0. The first kappa shape index (κ1) is 16.8. The molecule has 0 saturated carbocycles. The zero-order valence-corrected chi connectivity index (χ0v) is 13.7. The van der Waals surface area contributed by atoms with Gasteiger partial charge in [0.05, 0.1) is 6.54 Å². The van der Waals surface area contributed by atoms with Crippen molar-refractivity contribution in [1.29, 1.82) is 0 Å². The van der Waals surface area contributed by atoms with E-state index in [4.69, 9.17) is 0 Å². The Bertz CT molecular complexity index is 1180. The van der Waals surface area contributed by atoms with E-state index in [1.54, 1.807) is 18.2 Å². The first-order chi connectivity index (χ1) is 13.0. The average Bonchev–Trinajstić information content (AvgIpc) is 2.95. The Balaban J connectivity index is 1.66. The van der Waals surface area contributed by atoms with E-state index >= 15 is 0 Å². The highest BCUT2D eigenvalue weighted by molar-refractivity contribution is 5.57. The third kappa shape index (κ3) is 3.39. The second-order valence-corrected chi connectivity index (χ2v) is 5.79. The summed E-state index contributed by atoms with van der Waals surface area (Å²) in [5, 5.41) is 7.03. The van der Waals surface area contributed by atoms with Gasteiger partial charge < -0.3 is 5.32 Å². The molecule has 6 nitrogen and oxygen atoms in total. The van der Waals surface area contributed by atoms with Crippen LogP contribution in [0.25, 0.3) is 5.78 Å². The van der Waals surface area contributed by atoms with Crippen LogP contribution in [0, 0.1) is 17.5 Å². The molecule has 4 aromatic rings. The molecule has 0 unspecified atom stereocenters. The van der Waals surface area contributed by atoms with Crippen molar-refractivity contribution < 1.29 is 13.2 Å². The molecule has 0 fully saturated rings.